The van der Waals surface area contributed by atoms with Crippen molar-refractivity contribution in [2.45, 2.75) is 32.2 Å². The summed E-state index contributed by atoms with van der Waals surface area (Å²) in [7, 11) is 0. The molecule has 1 aromatic carbocycles. The van der Waals surface area contributed by atoms with Crippen molar-refractivity contribution in [3.8, 4) is 10.6 Å². The first kappa shape index (κ1) is 20.7. The Morgan fingerprint density at radius 3 is 2.46 bits per heavy atom. The number of hydrogen-bond acceptors (Lipinski definition) is 6. The van der Waals surface area contributed by atoms with Crippen LogP contribution in [0.3, 0.4) is 0 Å². The van der Waals surface area contributed by atoms with Gasteiger partial charge in [0.2, 0.25) is 5.79 Å². The minimum Gasteiger partial charge on any atom is -0.342 e. The van der Waals surface area contributed by atoms with Crippen LogP contribution in [-0.4, -0.2) is 35.1 Å². The zero-order valence-corrected chi connectivity index (χ0v) is 16.0. The molecule has 0 atom stereocenters. The summed E-state index contributed by atoms with van der Waals surface area (Å²) in [6, 6.07) is 4.91. The molecule has 0 spiro atoms. The van der Waals surface area contributed by atoms with E-state index in [2.05, 4.69) is 4.98 Å². The Morgan fingerprint density at radius 2 is 1.93 bits per heavy atom. The standard InChI is InChI=1S/C18H19F3N2O4S/c1-10-14(7-11-8-26-17(2,27-9-11)16(24)23-25)28-15(22-10)12-3-5-13(6-4-12)18(19,20)21/h3-6,11,25H,7-9H2,1-2H3,(H,23,24). The summed E-state index contributed by atoms with van der Waals surface area (Å²) >= 11 is 1.41. The molecule has 1 fully saturated rings. The van der Waals surface area contributed by atoms with E-state index in [9.17, 15) is 18.0 Å². The number of hydroxylamine groups is 1. The molecule has 2 heterocycles. The fraction of sp³-hybridized carbons (Fsp3) is 0.444. The molecule has 1 amide bonds. The Bertz CT molecular complexity index is 844. The summed E-state index contributed by atoms with van der Waals surface area (Å²) in [4.78, 5) is 17.0. The minimum absolute atomic E-state index is 0.0147. The molecule has 28 heavy (non-hydrogen) atoms. The Balaban J connectivity index is 1.68. The summed E-state index contributed by atoms with van der Waals surface area (Å²) in [5.41, 5.74) is 2.23. The van der Waals surface area contributed by atoms with Crippen LogP contribution in [0.15, 0.2) is 24.3 Å². The van der Waals surface area contributed by atoms with E-state index in [1.165, 1.54) is 35.9 Å². The van der Waals surface area contributed by atoms with Crippen LogP contribution in [0.4, 0.5) is 13.2 Å². The summed E-state index contributed by atoms with van der Waals surface area (Å²) in [6.07, 6.45) is -3.77. The van der Waals surface area contributed by atoms with Gasteiger partial charge in [0.15, 0.2) is 0 Å². The fourth-order valence-electron chi connectivity index (χ4n) is 2.80. The number of hydrogen-bond donors (Lipinski definition) is 2. The molecule has 0 radical (unpaired) electrons. The van der Waals surface area contributed by atoms with Crippen LogP contribution in [0.5, 0.6) is 0 Å². The lowest BCUT2D eigenvalue weighted by Crippen LogP contribution is -2.52. The Kier molecular flexibility index (Phi) is 5.76. The number of carbonyl (C=O) groups excluding carboxylic acids is 1. The number of rotatable bonds is 4. The smallest absolute Gasteiger partial charge is 0.342 e. The van der Waals surface area contributed by atoms with Crippen LogP contribution >= 0.6 is 11.3 Å². The lowest BCUT2D eigenvalue weighted by Gasteiger charge is -2.35. The van der Waals surface area contributed by atoms with Gasteiger partial charge in [-0.3, -0.25) is 10.0 Å². The first-order valence-corrected chi connectivity index (χ1v) is 9.30. The molecule has 2 N–H and O–H groups in total. The van der Waals surface area contributed by atoms with Crippen molar-refractivity contribution in [3.63, 3.8) is 0 Å². The highest BCUT2D eigenvalue weighted by Crippen LogP contribution is 2.34. The zero-order chi connectivity index (χ0) is 20.5. The quantitative estimate of drug-likeness (QED) is 0.589. The number of amides is 1. The van der Waals surface area contributed by atoms with Crippen LogP contribution in [0.2, 0.25) is 0 Å². The fourth-order valence-corrected chi connectivity index (χ4v) is 3.98. The number of alkyl halides is 3. The molecule has 3 rings (SSSR count). The first-order valence-electron chi connectivity index (χ1n) is 8.49. The number of carbonyl (C=O) groups is 1. The monoisotopic (exact) mass is 416 g/mol. The number of ether oxygens (including phenoxy) is 2. The summed E-state index contributed by atoms with van der Waals surface area (Å²) < 4.78 is 49.0. The predicted octanol–water partition coefficient (Wildman–Crippen LogP) is 3.56. The lowest BCUT2D eigenvalue weighted by atomic mass is 10.0. The Labute approximate surface area is 163 Å². The maximum absolute atomic E-state index is 12.7. The zero-order valence-electron chi connectivity index (χ0n) is 15.2. The topological polar surface area (TPSA) is 80.7 Å². The average molecular weight is 416 g/mol. The molecular formula is C18H19F3N2O4S. The highest BCUT2D eigenvalue weighted by atomic mass is 32.1. The van der Waals surface area contributed by atoms with E-state index in [0.29, 0.717) is 17.0 Å². The maximum Gasteiger partial charge on any atom is 0.416 e. The van der Waals surface area contributed by atoms with Crippen molar-refractivity contribution < 1.29 is 32.6 Å². The van der Waals surface area contributed by atoms with Gasteiger partial charge >= 0.3 is 12.1 Å². The van der Waals surface area contributed by atoms with E-state index in [1.807, 2.05) is 6.92 Å². The van der Waals surface area contributed by atoms with Gasteiger partial charge in [0.1, 0.15) is 5.01 Å². The SMILES string of the molecule is Cc1nc(-c2ccc(C(F)(F)F)cc2)sc1CC1COC(C)(C(=O)NO)OC1. The van der Waals surface area contributed by atoms with Gasteiger partial charge in [0.25, 0.3) is 0 Å². The molecular weight excluding hydrogens is 397 g/mol. The van der Waals surface area contributed by atoms with Gasteiger partial charge in [-0.05, 0) is 32.4 Å². The average Bonchev–Trinajstić information content (AvgIpc) is 3.03. The van der Waals surface area contributed by atoms with Crippen molar-refractivity contribution in [3.05, 3.63) is 40.4 Å². The van der Waals surface area contributed by atoms with Crippen molar-refractivity contribution >= 4 is 17.2 Å². The molecule has 1 saturated heterocycles. The Hall–Kier alpha value is -2.01. The summed E-state index contributed by atoms with van der Waals surface area (Å²) in [6.45, 7) is 3.79. The van der Waals surface area contributed by atoms with Crippen LogP contribution in [-0.2, 0) is 26.9 Å². The number of benzene rings is 1. The Morgan fingerprint density at radius 1 is 1.32 bits per heavy atom. The normalized spacial score (nSPS) is 22.9. The van der Waals surface area contributed by atoms with Gasteiger partial charge in [-0.1, -0.05) is 12.1 Å². The van der Waals surface area contributed by atoms with Gasteiger partial charge < -0.3 is 9.47 Å². The first-order chi connectivity index (χ1) is 13.1. The second kappa shape index (κ2) is 7.78. The van der Waals surface area contributed by atoms with E-state index in [-0.39, 0.29) is 19.1 Å². The molecule has 1 aliphatic heterocycles. The van der Waals surface area contributed by atoms with Crippen molar-refractivity contribution in [2.24, 2.45) is 5.92 Å². The number of aromatic nitrogens is 1. The molecule has 0 bridgehead atoms. The van der Waals surface area contributed by atoms with Crippen LogP contribution in [0.1, 0.15) is 23.1 Å². The van der Waals surface area contributed by atoms with Gasteiger partial charge in [-0.15, -0.1) is 11.3 Å². The number of halogens is 3. The molecule has 1 aromatic heterocycles. The molecule has 2 aromatic rings. The largest absolute Gasteiger partial charge is 0.416 e. The van der Waals surface area contributed by atoms with Crippen molar-refractivity contribution in [2.75, 3.05) is 13.2 Å². The van der Waals surface area contributed by atoms with E-state index in [0.717, 1.165) is 22.7 Å². The van der Waals surface area contributed by atoms with Crippen molar-refractivity contribution in [1.29, 1.82) is 0 Å². The number of thiazole rings is 1. The molecule has 10 heteroatoms. The molecule has 6 nitrogen and oxygen atoms in total. The molecule has 1 aliphatic rings. The highest BCUT2D eigenvalue weighted by Gasteiger charge is 2.40. The lowest BCUT2D eigenvalue weighted by molar-refractivity contribution is -0.263. The summed E-state index contributed by atoms with van der Waals surface area (Å²) in [5.74, 6) is -2.32. The van der Waals surface area contributed by atoms with Crippen LogP contribution in [0, 0.1) is 12.8 Å². The van der Waals surface area contributed by atoms with Gasteiger partial charge in [0.05, 0.1) is 24.5 Å². The third-order valence-electron chi connectivity index (χ3n) is 4.53. The van der Waals surface area contributed by atoms with Gasteiger partial charge in [-0.25, -0.2) is 10.5 Å². The second-order valence-corrected chi connectivity index (χ2v) is 7.77. The minimum atomic E-state index is -4.37. The van der Waals surface area contributed by atoms with Gasteiger partial charge in [0, 0.05) is 16.4 Å². The van der Waals surface area contributed by atoms with E-state index >= 15 is 0 Å². The van der Waals surface area contributed by atoms with Crippen LogP contribution < -0.4 is 5.48 Å². The van der Waals surface area contributed by atoms with Gasteiger partial charge in [-0.2, -0.15) is 13.2 Å². The van der Waals surface area contributed by atoms with E-state index < -0.39 is 23.4 Å². The molecule has 0 unspecified atom stereocenters. The third kappa shape index (κ3) is 4.35. The van der Waals surface area contributed by atoms with Crippen molar-refractivity contribution in [1.82, 2.24) is 10.5 Å². The van der Waals surface area contributed by atoms with E-state index in [4.69, 9.17) is 14.7 Å². The predicted molar refractivity (Wildman–Crippen MR) is 94.7 cm³/mol. The number of nitrogens with zero attached hydrogens (tertiary/aromatic N) is 1. The molecule has 152 valence electrons. The highest BCUT2D eigenvalue weighted by molar-refractivity contribution is 7.15. The third-order valence-corrected chi connectivity index (χ3v) is 5.76. The molecule has 0 saturated carbocycles. The molecule has 0 aliphatic carbocycles. The van der Waals surface area contributed by atoms with Crippen LogP contribution in [0.25, 0.3) is 10.6 Å². The number of nitrogens with one attached hydrogen (secondary N) is 1. The summed E-state index contributed by atoms with van der Waals surface area (Å²) in [5, 5.41) is 9.38. The van der Waals surface area contributed by atoms with E-state index in [1.54, 1.807) is 0 Å². The number of aryl methyl sites for hydroxylation is 1. The second-order valence-electron chi connectivity index (χ2n) is 6.68. The maximum atomic E-state index is 12.7.